The fraction of sp³-hybridized carbons (Fsp3) is 0.857. The molecule has 0 amide bonds. The third kappa shape index (κ3) is 2.12. The summed E-state index contributed by atoms with van der Waals surface area (Å²) in [7, 11) is 0.0328. The fourth-order valence-corrected chi connectivity index (χ4v) is 2.46. The van der Waals surface area contributed by atoms with Gasteiger partial charge in [0, 0.05) is 7.11 Å². The van der Waals surface area contributed by atoms with Crippen molar-refractivity contribution in [1.29, 1.82) is 5.26 Å². The summed E-state index contributed by atoms with van der Waals surface area (Å²) in [5.41, 5.74) is 0.137. The molecule has 58 valence electrons. The van der Waals surface area contributed by atoms with Gasteiger partial charge in [-0.1, -0.05) is 6.92 Å². The summed E-state index contributed by atoms with van der Waals surface area (Å²) in [6, 6.07) is 2.28. The van der Waals surface area contributed by atoms with E-state index in [-0.39, 0.29) is 5.54 Å². The highest BCUT2D eigenvalue weighted by molar-refractivity contribution is 6.73. The van der Waals surface area contributed by atoms with E-state index in [4.69, 9.17) is 9.69 Å². The Morgan fingerprint density at radius 1 is 1.60 bits per heavy atom. The van der Waals surface area contributed by atoms with E-state index in [1.54, 1.807) is 7.11 Å². The number of nitriles is 1. The molecule has 3 heteroatoms. The maximum atomic E-state index is 8.70. The van der Waals surface area contributed by atoms with Crippen LogP contribution in [0, 0.1) is 11.3 Å². The lowest BCUT2D eigenvalue weighted by Crippen LogP contribution is -2.34. The molecule has 10 heavy (non-hydrogen) atoms. The molecule has 0 heterocycles. The van der Waals surface area contributed by atoms with E-state index in [2.05, 4.69) is 19.2 Å². The van der Waals surface area contributed by atoms with Crippen molar-refractivity contribution in [1.82, 2.24) is 0 Å². The Balaban J connectivity index is 4.15. The summed E-state index contributed by atoms with van der Waals surface area (Å²) in [4.78, 5) is 0. The van der Waals surface area contributed by atoms with Crippen LogP contribution in [0.15, 0.2) is 0 Å². The van der Waals surface area contributed by atoms with Crippen molar-refractivity contribution in [2.24, 2.45) is 0 Å². The second kappa shape index (κ2) is 3.74. The number of hydrogen-bond donors (Lipinski definition) is 0. The summed E-state index contributed by atoms with van der Waals surface area (Å²) in [6.07, 6.45) is 0.906. The second-order valence-electron chi connectivity index (χ2n) is 2.90. The summed E-state index contributed by atoms with van der Waals surface area (Å²) in [6.45, 7) is 6.18. The molecule has 0 radical (unpaired) electrons. The maximum Gasteiger partial charge on any atom is 0.203 e. The Kier molecular flexibility index (Phi) is 3.62. The Morgan fingerprint density at radius 2 is 2.10 bits per heavy atom. The molecule has 2 nitrogen and oxygen atoms in total. The van der Waals surface area contributed by atoms with Crippen molar-refractivity contribution in [2.45, 2.75) is 32.0 Å². The van der Waals surface area contributed by atoms with E-state index in [0.717, 1.165) is 6.42 Å². The molecule has 0 saturated carbocycles. The smallest absolute Gasteiger partial charge is 0.203 e. The predicted molar refractivity (Wildman–Crippen MR) is 44.1 cm³/mol. The van der Waals surface area contributed by atoms with Gasteiger partial charge in [0.1, 0.15) is 0 Å². The molecule has 0 fully saturated rings. The van der Waals surface area contributed by atoms with Crippen LogP contribution in [0.3, 0.4) is 0 Å². The van der Waals surface area contributed by atoms with E-state index >= 15 is 0 Å². The van der Waals surface area contributed by atoms with Crippen LogP contribution in [0.4, 0.5) is 0 Å². The quantitative estimate of drug-likeness (QED) is 0.588. The number of hydrogen-bond acceptors (Lipinski definition) is 2. The van der Waals surface area contributed by atoms with Gasteiger partial charge in [-0.2, -0.15) is 5.26 Å². The van der Waals surface area contributed by atoms with Crippen LogP contribution in [-0.2, 0) is 4.43 Å². The van der Waals surface area contributed by atoms with Gasteiger partial charge in [0.2, 0.25) is 8.32 Å². The first kappa shape index (κ1) is 9.67. The van der Waals surface area contributed by atoms with Crippen molar-refractivity contribution in [3.63, 3.8) is 0 Å². The van der Waals surface area contributed by atoms with Crippen LogP contribution >= 0.6 is 0 Å². The molecule has 0 aromatic rings. The van der Waals surface area contributed by atoms with E-state index in [1.807, 2.05) is 6.92 Å². The zero-order valence-corrected chi connectivity index (χ0v) is 8.14. The van der Waals surface area contributed by atoms with Crippen molar-refractivity contribution < 1.29 is 4.43 Å². The molecule has 0 aromatic carbocycles. The van der Waals surface area contributed by atoms with Crippen LogP contribution in [0.2, 0.25) is 18.6 Å². The van der Waals surface area contributed by atoms with Crippen molar-refractivity contribution in [3.8, 4) is 6.07 Å². The average Bonchev–Trinajstić information content (AvgIpc) is 1.90. The molecule has 0 spiro atoms. The van der Waals surface area contributed by atoms with Gasteiger partial charge in [0.05, 0.1) is 11.6 Å². The van der Waals surface area contributed by atoms with Gasteiger partial charge in [0.25, 0.3) is 0 Å². The largest absolute Gasteiger partial charge is 0.419 e. The maximum absolute atomic E-state index is 8.70. The van der Waals surface area contributed by atoms with Crippen LogP contribution in [0.1, 0.15) is 13.3 Å². The predicted octanol–water partition coefficient (Wildman–Crippen LogP) is 2.14. The highest BCUT2D eigenvalue weighted by Crippen LogP contribution is 2.24. The lowest BCUT2D eigenvalue weighted by molar-refractivity contribution is 0.396. The van der Waals surface area contributed by atoms with E-state index in [0.29, 0.717) is 0 Å². The van der Waals surface area contributed by atoms with E-state index in [9.17, 15) is 0 Å². The number of rotatable bonds is 3. The first-order chi connectivity index (χ1) is 4.58. The molecule has 0 aliphatic rings. The standard InChI is InChI=1S/C7H15NOSi/c1-5-7(6-8)10(3,4)9-2/h7H,5H2,1-4H3. The minimum absolute atomic E-state index is 0.137. The van der Waals surface area contributed by atoms with Gasteiger partial charge in [-0.15, -0.1) is 0 Å². The fourth-order valence-electron chi connectivity index (χ4n) is 0.881. The zero-order valence-electron chi connectivity index (χ0n) is 7.14. The second-order valence-corrected chi connectivity index (χ2v) is 7.21. The van der Waals surface area contributed by atoms with Gasteiger partial charge >= 0.3 is 0 Å². The lowest BCUT2D eigenvalue weighted by Gasteiger charge is -2.23. The highest BCUT2D eigenvalue weighted by Gasteiger charge is 2.30. The third-order valence-corrected chi connectivity index (χ3v) is 5.20. The van der Waals surface area contributed by atoms with Crippen molar-refractivity contribution in [2.75, 3.05) is 7.11 Å². The molecule has 1 unspecified atom stereocenters. The summed E-state index contributed by atoms with van der Waals surface area (Å²) in [5, 5.41) is 8.70. The Bertz CT molecular complexity index is 139. The molecule has 1 atom stereocenters. The van der Waals surface area contributed by atoms with Crippen LogP contribution in [0.5, 0.6) is 0 Å². The summed E-state index contributed by atoms with van der Waals surface area (Å²) in [5.74, 6) is 0. The minimum Gasteiger partial charge on any atom is -0.419 e. The molecular weight excluding hydrogens is 142 g/mol. The molecule has 0 saturated heterocycles. The topological polar surface area (TPSA) is 33.0 Å². The Labute approximate surface area is 63.9 Å². The summed E-state index contributed by atoms with van der Waals surface area (Å²) >= 11 is 0. The van der Waals surface area contributed by atoms with Crippen molar-refractivity contribution in [3.05, 3.63) is 0 Å². The molecule has 0 aromatic heterocycles. The van der Waals surface area contributed by atoms with Crippen LogP contribution in [0.25, 0.3) is 0 Å². The Hall–Kier alpha value is -0.333. The molecule has 0 aliphatic carbocycles. The highest BCUT2D eigenvalue weighted by atomic mass is 28.4. The lowest BCUT2D eigenvalue weighted by atomic mass is 10.4. The molecule has 0 rings (SSSR count). The zero-order chi connectivity index (χ0) is 8.20. The van der Waals surface area contributed by atoms with Gasteiger partial charge in [0.15, 0.2) is 0 Å². The first-order valence-electron chi connectivity index (χ1n) is 3.53. The van der Waals surface area contributed by atoms with E-state index in [1.165, 1.54) is 0 Å². The molecular formula is C7H15NOSi. The van der Waals surface area contributed by atoms with E-state index < -0.39 is 8.32 Å². The summed E-state index contributed by atoms with van der Waals surface area (Å²) < 4.78 is 5.30. The average molecular weight is 157 g/mol. The van der Waals surface area contributed by atoms with Gasteiger partial charge in [-0.05, 0) is 19.5 Å². The molecule has 0 aliphatic heterocycles. The minimum atomic E-state index is -1.67. The Morgan fingerprint density at radius 3 is 2.20 bits per heavy atom. The SMILES string of the molecule is CCC(C#N)[Si](C)(C)OC. The monoisotopic (exact) mass is 157 g/mol. The first-order valence-corrected chi connectivity index (χ1v) is 6.51. The van der Waals surface area contributed by atoms with Crippen molar-refractivity contribution >= 4 is 8.32 Å². The molecule has 0 bridgehead atoms. The molecule has 0 N–H and O–H groups in total. The normalized spacial score (nSPS) is 14.3. The van der Waals surface area contributed by atoms with Crippen LogP contribution in [-0.4, -0.2) is 15.4 Å². The van der Waals surface area contributed by atoms with Gasteiger partial charge in [-0.3, -0.25) is 0 Å². The van der Waals surface area contributed by atoms with Gasteiger partial charge < -0.3 is 4.43 Å². The third-order valence-electron chi connectivity index (χ3n) is 1.93. The van der Waals surface area contributed by atoms with Gasteiger partial charge in [-0.25, -0.2) is 0 Å². The van der Waals surface area contributed by atoms with Crippen LogP contribution < -0.4 is 0 Å². The number of nitrogens with zero attached hydrogens (tertiary/aromatic N) is 1.